The van der Waals surface area contributed by atoms with Crippen molar-refractivity contribution < 1.29 is 5.11 Å². The average molecular weight is 297 g/mol. The fourth-order valence-electron chi connectivity index (χ4n) is 4.17. The van der Waals surface area contributed by atoms with Crippen molar-refractivity contribution in [2.24, 2.45) is 5.92 Å². The summed E-state index contributed by atoms with van der Waals surface area (Å²) < 4.78 is 0. The maximum Gasteiger partial charge on any atom is 0.0614 e. The lowest BCUT2D eigenvalue weighted by Gasteiger charge is -2.39. The van der Waals surface area contributed by atoms with Crippen molar-refractivity contribution >= 4 is 0 Å². The Morgan fingerprint density at radius 1 is 1.14 bits per heavy atom. The van der Waals surface area contributed by atoms with Gasteiger partial charge in [0.05, 0.1) is 6.61 Å². The molecule has 4 nitrogen and oxygen atoms in total. The van der Waals surface area contributed by atoms with E-state index in [1.54, 1.807) is 0 Å². The Morgan fingerprint density at radius 3 is 2.33 bits per heavy atom. The SMILES string of the molecule is CC(C)CN1CCN(C2CCC(CO)(NC(C)C)C2)CC1. The van der Waals surface area contributed by atoms with Gasteiger partial charge in [0.2, 0.25) is 0 Å². The molecular formula is C17H35N3O. The molecule has 1 aliphatic heterocycles. The van der Waals surface area contributed by atoms with E-state index in [9.17, 15) is 5.11 Å². The molecule has 2 unspecified atom stereocenters. The molecule has 2 aliphatic rings. The highest BCUT2D eigenvalue weighted by Crippen LogP contribution is 2.33. The highest BCUT2D eigenvalue weighted by Gasteiger charge is 2.41. The summed E-state index contributed by atoms with van der Waals surface area (Å²) in [4.78, 5) is 5.26. The molecule has 4 heteroatoms. The summed E-state index contributed by atoms with van der Waals surface area (Å²) in [7, 11) is 0. The lowest BCUT2D eigenvalue weighted by Crippen LogP contribution is -2.53. The van der Waals surface area contributed by atoms with Gasteiger partial charge in [0.1, 0.15) is 0 Å². The Bertz CT molecular complexity index is 313. The first kappa shape index (κ1) is 17.2. The van der Waals surface area contributed by atoms with Gasteiger partial charge in [-0.15, -0.1) is 0 Å². The van der Waals surface area contributed by atoms with Crippen LogP contribution in [0.15, 0.2) is 0 Å². The minimum absolute atomic E-state index is 0.0338. The van der Waals surface area contributed by atoms with Gasteiger partial charge in [0.15, 0.2) is 0 Å². The summed E-state index contributed by atoms with van der Waals surface area (Å²) in [5.74, 6) is 0.764. The summed E-state index contributed by atoms with van der Waals surface area (Å²) in [6.45, 7) is 15.3. The predicted octanol–water partition coefficient (Wildman–Crippen LogP) is 1.54. The monoisotopic (exact) mass is 297 g/mol. The zero-order valence-corrected chi connectivity index (χ0v) is 14.4. The maximum absolute atomic E-state index is 9.83. The van der Waals surface area contributed by atoms with Gasteiger partial charge in [-0.2, -0.15) is 0 Å². The van der Waals surface area contributed by atoms with Crippen molar-refractivity contribution in [2.45, 2.75) is 64.6 Å². The Morgan fingerprint density at radius 2 is 1.81 bits per heavy atom. The van der Waals surface area contributed by atoms with Crippen molar-refractivity contribution in [3.8, 4) is 0 Å². The van der Waals surface area contributed by atoms with Crippen LogP contribution in [0.4, 0.5) is 0 Å². The molecule has 21 heavy (non-hydrogen) atoms. The topological polar surface area (TPSA) is 38.7 Å². The largest absolute Gasteiger partial charge is 0.394 e. The number of rotatable bonds is 6. The molecule has 0 amide bonds. The van der Waals surface area contributed by atoms with Crippen molar-refractivity contribution in [1.29, 1.82) is 0 Å². The minimum atomic E-state index is -0.0338. The summed E-state index contributed by atoms with van der Waals surface area (Å²) in [5.41, 5.74) is -0.0338. The Kier molecular flexibility index (Phi) is 6.06. The van der Waals surface area contributed by atoms with Gasteiger partial charge in [-0.3, -0.25) is 4.90 Å². The normalized spacial score (nSPS) is 32.4. The molecule has 1 heterocycles. The van der Waals surface area contributed by atoms with E-state index < -0.39 is 0 Å². The number of piperazine rings is 1. The van der Waals surface area contributed by atoms with Gasteiger partial charge in [-0.05, 0) is 25.2 Å². The van der Waals surface area contributed by atoms with Gasteiger partial charge < -0.3 is 15.3 Å². The summed E-state index contributed by atoms with van der Waals surface area (Å²) in [5, 5.41) is 13.5. The third-order valence-electron chi connectivity index (χ3n) is 5.03. The van der Waals surface area contributed by atoms with Gasteiger partial charge in [0, 0.05) is 50.3 Å². The number of hydrogen-bond acceptors (Lipinski definition) is 4. The van der Waals surface area contributed by atoms with Crippen LogP contribution in [0.3, 0.4) is 0 Å². The number of aliphatic hydroxyl groups is 1. The molecule has 1 saturated heterocycles. The smallest absolute Gasteiger partial charge is 0.0614 e. The van der Waals surface area contributed by atoms with Crippen LogP contribution in [0.5, 0.6) is 0 Å². The van der Waals surface area contributed by atoms with Crippen molar-refractivity contribution in [3.05, 3.63) is 0 Å². The molecule has 2 N–H and O–H groups in total. The summed E-state index contributed by atoms with van der Waals surface area (Å²) in [6.07, 6.45) is 3.44. The molecule has 2 atom stereocenters. The first-order chi connectivity index (χ1) is 9.94. The third kappa shape index (κ3) is 4.65. The van der Waals surface area contributed by atoms with E-state index in [4.69, 9.17) is 0 Å². The van der Waals surface area contributed by atoms with E-state index in [0.717, 1.165) is 18.8 Å². The maximum atomic E-state index is 9.83. The standard InChI is InChI=1S/C17H35N3O/c1-14(2)12-19-7-9-20(10-8-19)16-5-6-17(11-16,13-21)18-15(3)4/h14-16,18,21H,5-13H2,1-4H3. The number of aliphatic hydroxyl groups excluding tert-OH is 1. The highest BCUT2D eigenvalue weighted by atomic mass is 16.3. The highest BCUT2D eigenvalue weighted by molar-refractivity contribution is 5.00. The quantitative estimate of drug-likeness (QED) is 0.780. The second-order valence-corrected chi connectivity index (χ2v) is 7.86. The summed E-state index contributed by atoms with van der Waals surface area (Å²) in [6, 6.07) is 1.10. The van der Waals surface area contributed by atoms with Gasteiger partial charge >= 0.3 is 0 Å². The van der Waals surface area contributed by atoms with E-state index in [-0.39, 0.29) is 12.1 Å². The van der Waals surface area contributed by atoms with E-state index >= 15 is 0 Å². The van der Waals surface area contributed by atoms with Gasteiger partial charge in [-0.1, -0.05) is 27.7 Å². The molecule has 0 radical (unpaired) electrons. The summed E-state index contributed by atoms with van der Waals surface area (Å²) >= 11 is 0. The zero-order chi connectivity index (χ0) is 15.5. The van der Waals surface area contributed by atoms with Crippen molar-refractivity contribution in [1.82, 2.24) is 15.1 Å². The van der Waals surface area contributed by atoms with E-state index in [0.29, 0.717) is 12.1 Å². The molecule has 2 rings (SSSR count). The zero-order valence-electron chi connectivity index (χ0n) is 14.4. The first-order valence-electron chi connectivity index (χ1n) is 8.79. The number of nitrogens with zero attached hydrogens (tertiary/aromatic N) is 2. The van der Waals surface area contributed by atoms with Crippen LogP contribution in [0, 0.1) is 5.92 Å². The molecule has 0 spiro atoms. The number of hydrogen-bond donors (Lipinski definition) is 2. The van der Waals surface area contributed by atoms with Crippen molar-refractivity contribution in [2.75, 3.05) is 39.3 Å². The lowest BCUT2D eigenvalue weighted by molar-refractivity contribution is 0.0814. The fourth-order valence-corrected chi connectivity index (χ4v) is 4.17. The molecule has 0 bridgehead atoms. The van der Waals surface area contributed by atoms with Crippen LogP contribution in [0.2, 0.25) is 0 Å². The lowest BCUT2D eigenvalue weighted by atomic mass is 9.97. The van der Waals surface area contributed by atoms with Gasteiger partial charge in [0.25, 0.3) is 0 Å². The molecule has 1 saturated carbocycles. The van der Waals surface area contributed by atoms with Gasteiger partial charge in [-0.25, -0.2) is 0 Å². The van der Waals surface area contributed by atoms with Crippen LogP contribution in [-0.2, 0) is 0 Å². The van der Waals surface area contributed by atoms with Crippen molar-refractivity contribution in [3.63, 3.8) is 0 Å². The minimum Gasteiger partial charge on any atom is -0.394 e. The molecule has 0 aromatic carbocycles. The Balaban J connectivity index is 1.82. The molecule has 1 aliphatic carbocycles. The van der Waals surface area contributed by atoms with Crippen LogP contribution in [0.1, 0.15) is 47.0 Å². The average Bonchev–Trinajstić information content (AvgIpc) is 2.83. The van der Waals surface area contributed by atoms with Crippen LogP contribution >= 0.6 is 0 Å². The van der Waals surface area contributed by atoms with Crippen LogP contribution in [-0.4, -0.2) is 71.9 Å². The first-order valence-corrected chi connectivity index (χ1v) is 8.79. The molecular weight excluding hydrogens is 262 g/mol. The molecule has 0 aromatic heterocycles. The molecule has 0 aromatic rings. The van der Waals surface area contributed by atoms with Crippen LogP contribution in [0.25, 0.3) is 0 Å². The Labute approximate surface area is 130 Å². The second-order valence-electron chi connectivity index (χ2n) is 7.86. The van der Waals surface area contributed by atoms with E-state index in [1.807, 2.05) is 0 Å². The molecule has 2 fully saturated rings. The predicted molar refractivity (Wildman–Crippen MR) is 88.6 cm³/mol. The fraction of sp³-hybridized carbons (Fsp3) is 1.00. The van der Waals surface area contributed by atoms with E-state index in [2.05, 4.69) is 42.8 Å². The Hall–Kier alpha value is -0.160. The van der Waals surface area contributed by atoms with Crippen LogP contribution < -0.4 is 5.32 Å². The molecule has 124 valence electrons. The third-order valence-corrected chi connectivity index (χ3v) is 5.03. The number of nitrogens with one attached hydrogen (secondary N) is 1. The van der Waals surface area contributed by atoms with E-state index in [1.165, 1.54) is 39.1 Å². The second kappa shape index (κ2) is 7.40.